The maximum Gasteiger partial charge on any atom is 0.409 e. The highest BCUT2D eigenvalue weighted by Gasteiger charge is 2.25. The lowest BCUT2D eigenvalue weighted by Crippen LogP contribution is -2.37. The molecule has 1 aromatic carbocycles. The molecule has 1 saturated heterocycles. The van der Waals surface area contributed by atoms with Gasteiger partial charge in [0.1, 0.15) is 5.82 Å². The van der Waals surface area contributed by atoms with Crippen molar-refractivity contribution in [1.82, 2.24) is 14.4 Å². The third kappa shape index (κ3) is 3.82. The zero-order valence-corrected chi connectivity index (χ0v) is 15.9. The number of carbonyl (C=O) groups is 2. The summed E-state index contributed by atoms with van der Waals surface area (Å²) in [6.07, 6.45) is 0.344. The van der Waals surface area contributed by atoms with Crippen LogP contribution in [-0.4, -0.2) is 59.7 Å². The first kappa shape index (κ1) is 18.9. The Kier molecular flexibility index (Phi) is 5.48. The van der Waals surface area contributed by atoms with Gasteiger partial charge in [0.15, 0.2) is 0 Å². The summed E-state index contributed by atoms with van der Waals surface area (Å²) in [6, 6.07) is 8.08. The number of carbonyl (C=O) groups excluding carboxylic acids is 2. The fraction of sp³-hybridized carbons (Fsp3) is 0.400. The summed E-state index contributed by atoms with van der Waals surface area (Å²) in [4.78, 5) is 28.2. The first-order chi connectivity index (χ1) is 12.9. The molecule has 2 aromatic rings. The number of hydrogen-bond donors (Lipinski definition) is 0. The Balaban J connectivity index is 1.82. The van der Waals surface area contributed by atoms with Gasteiger partial charge in [-0.3, -0.25) is 4.79 Å². The van der Waals surface area contributed by atoms with Crippen LogP contribution >= 0.6 is 0 Å². The van der Waals surface area contributed by atoms with Crippen LogP contribution in [0.15, 0.2) is 30.3 Å². The number of benzene rings is 1. The molecule has 144 valence electrons. The molecule has 1 fully saturated rings. The van der Waals surface area contributed by atoms with Crippen LogP contribution in [0.25, 0.3) is 5.69 Å². The lowest BCUT2D eigenvalue weighted by Gasteiger charge is -2.21. The van der Waals surface area contributed by atoms with E-state index in [0.717, 1.165) is 17.1 Å². The summed E-state index contributed by atoms with van der Waals surface area (Å²) in [5.74, 6) is -0.347. The zero-order chi connectivity index (χ0) is 19.6. The van der Waals surface area contributed by atoms with E-state index in [4.69, 9.17) is 4.74 Å². The van der Waals surface area contributed by atoms with Gasteiger partial charge >= 0.3 is 6.09 Å². The molecule has 0 aliphatic carbocycles. The monoisotopic (exact) mass is 373 g/mol. The van der Waals surface area contributed by atoms with Gasteiger partial charge in [0.25, 0.3) is 5.91 Å². The van der Waals surface area contributed by atoms with Gasteiger partial charge < -0.3 is 19.1 Å². The van der Waals surface area contributed by atoms with Crippen LogP contribution in [0.4, 0.5) is 9.18 Å². The zero-order valence-electron chi connectivity index (χ0n) is 15.9. The van der Waals surface area contributed by atoms with Gasteiger partial charge in [-0.15, -0.1) is 0 Å². The number of halogens is 1. The summed E-state index contributed by atoms with van der Waals surface area (Å²) in [5.41, 5.74) is 3.17. The molecule has 1 aliphatic heterocycles. The predicted octanol–water partition coefficient (Wildman–Crippen LogP) is 3.15. The van der Waals surface area contributed by atoms with Gasteiger partial charge in [0, 0.05) is 43.3 Å². The van der Waals surface area contributed by atoms with Crippen molar-refractivity contribution in [3.8, 4) is 5.69 Å². The van der Waals surface area contributed by atoms with E-state index in [1.165, 1.54) is 19.2 Å². The smallest absolute Gasteiger partial charge is 0.409 e. The second-order valence-electron chi connectivity index (χ2n) is 6.70. The minimum atomic E-state index is -0.362. The Morgan fingerprint density at radius 3 is 2.30 bits per heavy atom. The molecule has 0 spiro atoms. The van der Waals surface area contributed by atoms with Crippen LogP contribution in [0.2, 0.25) is 0 Å². The van der Waals surface area contributed by atoms with E-state index >= 15 is 0 Å². The largest absolute Gasteiger partial charge is 0.453 e. The van der Waals surface area contributed by atoms with Crippen molar-refractivity contribution in [3.63, 3.8) is 0 Å². The van der Waals surface area contributed by atoms with Crippen LogP contribution in [0.1, 0.15) is 28.2 Å². The number of rotatable bonds is 2. The molecule has 0 bridgehead atoms. The van der Waals surface area contributed by atoms with E-state index in [2.05, 4.69) is 0 Å². The Labute approximate surface area is 158 Å². The number of amides is 2. The van der Waals surface area contributed by atoms with Crippen LogP contribution < -0.4 is 0 Å². The topological polar surface area (TPSA) is 54.8 Å². The molecule has 2 amide bonds. The molecule has 7 heteroatoms. The highest BCUT2D eigenvalue weighted by Crippen LogP contribution is 2.23. The third-order valence-electron chi connectivity index (χ3n) is 4.96. The molecule has 0 saturated carbocycles. The van der Waals surface area contributed by atoms with Gasteiger partial charge in [-0.05, 0) is 50.6 Å². The predicted molar refractivity (Wildman–Crippen MR) is 99.7 cm³/mol. The van der Waals surface area contributed by atoms with E-state index in [9.17, 15) is 14.0 Å². The van der Waals surface area contributed by atoms with Crippen LogP contribution in [0.5, 0.6) is 0 Å². The maximum atomic E-state index is 13.2. The Morgan fingerprint density at radius 2 is 1.63 bits per heavy atom. The summed E-state index contributed by atoms with van der Waals surface area (Å²) in [5, 5.41) is 0. The van der Waals surface area contributed by atoms with E-state index in [-0.39, 0.29) is 17.8 Å². The van der Waals surface area contributed by atoms with Crippen molar-refractivity contribution in [1.29, 1.82) is 0 Å². The van der Waals surface area contributed by atoms with Gasteiger partial charge in [-0.2, -0.15) is 0 Å². The Morgan fingerprint density at radius 1 is 1.00 bits per heavy atom. The molecule has 0 N–H and O–H groups in total. The normalized spacial score (nSPS) is 14.8. The minimum absolute atomic E-state index is 0.0526. The number of aromatic nitrogens is 1. The third-order valence-corrected chi connectivity index (χ3v) is 4.96. The highest BCUT2D eigenvalue weighted by molar-refractivity contribution is 5.96. The van der Waals surface area contributed by atoms with E-state index in [1.54, 1.807) is 21.9 Å². The average molecular weight is 373 g/mol. The van der Waals surface area contributed by atoms with E-state index in [1.807, 2.05) is 24.5 Å². The molecule has 27 heavy (non-hydrogen) atoms. The number of hydrogen-bond acceptors (Lipinski definition) is 3. The van der Waals surface area contributed by atoms with E-state index < -0.39 is 0 Å². The highest BCUT2D eigenvalue weighted by atomic mass is 19.1. The van der Waals surface area contributed by atoms with Crippen molar-refractivity contribution in [2.75, 3.05) is 33.3 Å². The summed E-state index contributed by atoms with van der Waals surface area (Å²) < 4.78 is 19.9. The lowest BCUT2D eigenvalue weighted by atomic mass is 10.2. The summed E-state index contributed by atoms with van der Waals surface area (Å²) in [6.45, 7) is 5.90. The number of nitrogens with zero attached hydrogens (tertiary/aromatic N) is 3. The van der Waals surface area contributed by atoms with Crippen molar-refractivity contribution in [3.05, 3.63) is 53.1 Å². The van der Waals surface area contributed by atoms with Crippen molar-refractivity contribution in [2.45, 2.75) is 20.3 Å². The maximum absolute atomic E-state index is 13.2. The first-order valence-electron chi connectivity index (χ1n) is 8.99. The SMILES string of the molecule is COC(=O)N1CCCN(C(=O)c2cc(C)n(-c3ccc(F)cc3)c2C)CC1. The van der Waals surface area contributed by atoms with E-state index in [0.29, 0.717) is 38.2 Å². The standard InChI is InChI=1S/C20H24FN3O3/c1-14-13-18(15(2)24(14)17-7-5-16(21)6-8-17)19(25)22-9-4-10-23(12-11-22)20(26)27-3/h5-8,13H,4,9-12H2,1-3H3. The van der Waals surface area contributed by atoms with Gasteiger partial charge in [-0.25, -0.2) is 9.18 Å². The fourth-order valence-electron chi connectivity index (χ4n) is 3.57. The van der Waals surface area contributed by atoms with Crippen LogP contribution in [0.3, 0.4) is 0 Å². The molecule has 0 unspecified atom stereocenters. The van der Waals surface area contributed by atoms with Gasteiger partial charge in [0.2, 0.25) is 0 Å². The molecule has 1 aromatic heterocycles. The molecule has 3 rings (SSSR count). The molecule has 6 nitrogen and oxygen atoms in total. The molecule has 0 radical (unpaired) electrons. The second-order valence-corrected chi connectivity index (χ2v) is 6.70. The first-order valence-corrected chi connectivity index (χ1v) is 8.99. The van der Waals surface area contributed by atoms with Crippen LogP contribution in [0, 0.1) is 19.7 Å². The lowest BCUT2D eigenvalue weighted by molar-refractivity contribution is 0.0756. The molecule has 2 heterocycles. The number of methoxy groups -OCH3 is 1. The Hall–Kier alpha value is -2.83. The molecular formula is C20H24FN3O3. The van der Waals surface area contributed by atoms with Crippen molar-refractivity contribution in [2.24, 2.45) is 0 Å². The summed E-state index contributed by atoms with van der Waals surface area (Å²) in [7, 11) is 1.36. The minimum Gasteiger partial charge on any atom is -0.453 e. The molecule has 1 aliphatic rings. The quantitative estimate of drug-likeness (QED) is 0.813. The van der Waals surface area contributed by atoms with Gasteiger partial charge in [-0.1, -0.05) is 0 Å². The van der Waals surface area contributed by atoms with Crippen LogP contribution in [-0.2, 0) is 4.74 Å². The van der Waals surface area contributed by atoms with Gasteiger partial charge in [0.05, 0.1) is 12.7 Å². The number of aryl methyl sites for hydroxylation is 1. The fourth-order valence-corrected chi connectivity index (χ4v) is 3.57. The average Bonchev–Trinajstić information content (AvgIpc) is 2.84. The van der Waals surface area contributed by atoms with Crippen molar-refractivity contribution >= 4 is 12.0 Å². The molecular weight excluding hydrogens is 349 g/mol. The Bertz CT molecular complexity index is 845. The van der Waals surface area contributed by atoms with Crippen molar-refractivity contribution < 1.29 is 18.7 Å². The number of ether oxygens (including phenoxy) is 1. The second kappa shape index (κ2) is 7.82. The molecule has 0 atom stereocenters. The summed E-state index contributed by atoms with van der Waals surface area (Å²) >= 11 is 0.